The Balaban J connectivity index is 1.44. The molecule has 1 unspecified atom stereocenters. The predicted molar refractivity (Wildman–Crippen MR) is 134 cm³/mol. The number of ether oxygens (including phenoxy) is 1. The number of amides is 1. The molecule has 0 spiro atoms. The molecule has 1 aliphatic heterocycles. The zero-order chi connectivity index (χ0) is 25.7. The van der Waals surface area contributed by atoms with Crippen LogP contribution in [0.5, 0.6) is 5.75 Å². The molecule has 10 nitrogen and oxygen atoms in total. The maximum Gasteiger partial charge on any atom is 0.240 e. The molecule has 2 aromatic carbocycles. The van der Waals surface area contributed by atoms with Crippen LogP contribution in [0.25, 0.3) is 17.2 Å². The molecule has 1 aliphatic rings. The average Bonchev–Trinajstić information content (AvgIpc) is 3.47. The predicted octanol–water partition coefficient (Wildman–Crippen LogP) is 3.16. The molecule has 4 heterocycles. The molecule has 0 fully saturated rings. The van der Waals surface area contributed by atoms with Crippen molar-refractivity contribution in [2.45, 2.75) is 18.8 Å². The Labute approximate surface area is 210 Å². The number of carbonyl (C=O) groups excluding carboxylic acids is 1. The normalized spacial score (nSPS) is 16.6. The molecule has 1 amide bonds. The Kier molecular flexibility index (Phi) is 5.07. The SMILES string of the molecule is COc1cccc(Cc2nc(-c3nc(N)c4c(n3)NC(=O)C4(C)c3ccc(F)cc3)cn3ncnc23)c1. The van der Waals surface area contributed by atoms with Crippen molar-refractivity contribution in [3.05, 3.63) is 89.3 Å². The average molecular weight is 497 g/mol. The van der Waals surface area contributed by atoms with Gasteiger partial charge in [-0.1, -0.05) is 24.3 Å². The lowest BCUT2D eigenvalue weighted by Gasteiger charge is -2.23. The summed E-state index contributed by atoms with van der Waals surface area (Å²) in [5, 5.41) is 7.08. The summed E-state index contributed by atoms with van der Waals surface area (Å²) in [7, 11) is 1.62. The number of methoxy groups -OCH3 is 1. The molecule has 37 heavy (non-hydrogen) atoms. The number of anilines is 2. The van der Waals surface area contributed by atoms with E-state index in [-0.39, 0.29) is 23.4 Å². The summed E-state index contributed by atoms with van der Waals surface area (Å²) in [6.45, 7) is 1.72. The van der Waals surface area contributed by atoms with Gasteiger partial charge in [0.05, 0.1) is 24.6 Å². The van der Waals surface area contributed by atoms with E-state index in [0.29, 0.717) is 34.6 Å². The number of hydrogen-bond acceptors (Lipinski definition) is 8. The molecule has 5 aromatic rings. The van der Waals surface area contributed by atoms with E-state index in [4.69, 9.17) is 15.5 Å². The molecular formula is C26H21FN8O2. The molecule has 0 aliphatic carbocycles. The van der Waals surface area contributed by atoms with Crippen LogP contribution in [0.2, 0.25) is 0 Å². The minimum absolute atomic E-state index is 0.125. The van der Waals surface area contributed by atoms with E-state index in [1.165, 1.54) is 18.5 Å². The Hall–Kier alpha value is -4.93. The highest BCUT2D eigenvalue weighted by Gasteiger charge is 2.47. The summed E-state index contributed by atoms with van der Waals surface area (Å²) in [4.78, 5) is 31.4. The number of nitrogens with zero attached hydrogens (tertiary/aromatic N) is 6. The van der Waals surface area contributed by atoms with Gasteiger partial charge in [-0.3, -0.25) is 4.79 Å². The second-order valence-electron chi connectivity index (χ2n) is 8.87. The van der Waals surface area contributed by atoms with Crippen molar-refractivity contribution in [2.24, 2.45) is 0 Å². The van der Waals surface area contributed by atoms with E-state index in [1.807, 2.05) is 24.3 Å². The number of halogens is 1. The smallest absolute Gasteiger partial charge is 0.240 e. The number of benzene rings is 2. The van der Waals surface area contributed by atoms with Gasteiger partial charge in [-0.15, -0.1) is 0 Å². The van der Waals surface area contributed by atoms with Crippen LogP contribution in [0.1, 0.15) is 29.3 Å². The molecule has 3 aromatic heterocycles. The van der Waals surface area contributed by atoms with Crippen LogP contribution in [-0.2, 0) is 16.6 Å². The van der Waals surface area contributed by atoms with Gasteiger partial charge in [0.1, 0.15) is 40.6 Å². The number of nitrogen functional groups attached to an aromatic ring is 1. The maximum atomic E-state index is 13.5. The molecular weight excluding hydrogens is 475 g/mol. The molecule has 0 bridgehead atoms. The summed E-state index contributed by atoms with van der Waals surface area (Å²) in [6, 6.07) is 13.4. The van der Waals surface area contributed by atoms with Gasteiger partial charge in [-0.2, -0.15) is 5.10 Å². The van der Waals surface area contributed by atoms with Crippen molar-refractivity contribution in [1.29, 1.82) is 0 Å². The third-order valence-electron chi connectivity index (χ3n) is 6.61. The topological polar surface area (TPSA) is 133 Å². The first kappa shape index (κ1) is 22.5. The van der Waals surface area contributed by atoms with E-state index in [2.05, 4.69) is 25.4 Å². The van der Waals surface area contributed by atoms with Gasteiger partial charge in [0.2, 0.25) is 5.91 Å². The van der Waals surface area contributed by atoms with Crippen molar-refractivity contribution in [2.75, 3.05) is 18.2 Å². The summed E-state index contributed by atoms with van der Waals surface area (Å²) in [5.74, 6) is 0.648. The van der Waals surface area contributed by atoms with Gasteiger partial charge < -0.3 is 15.8 Å². The van der Waals surface area contributed by atoms with Gasteiger partial charge in [0.15, 0.2) is 11.5 Å². The number of rotatable bonds is 5. The standard InChI is InChI=1S/C26H21FN8O2/c1-26(15-6-8-16(27)9-7-15)20-21(28)32-22(33-23(20)34-25(26)36)19-12-35-24(29-13-30-35)18(31-19)11-14-4-3-5-17(10-14)37-2/h3-10,12-13H,11H2,1-2H3,(H3,28,32,33,34,36). The summed E-state index contributed by atoms with van der Waals surface area (Å²) in [6.07, 6.45) is 3.57. The summed E-state index contributed by atoms with van der Waals surface area (Å²) in [5.41, 5.74) is 8.89. The Morgan fingerprint density at radius 3 is 2.73 bits per heavy atom. The fraction of sp³-hybridized carbons (Fsp3) is 0.154. The first-order valence-corrected chi connectivity index (χ1v) is 11.4. The molecule has 184 valence electrons. The quantitative estimate of drug-likeness (QED) is 0.379. The summed E-state index contributed by atoms with van der Waals surface area (Å²) < 4.78 is 20.5. The Morgan fingerprint density at radius 1 is 1.14 bits per heavy atom. The van der Waals surface area contributed by atoms with Crippen molar-refractivity contribution in [3.63, 3.8) is 0 Å². The van der Waals surface area contributed by atoms with Crippen molar-refractivity contribution >= 4 is 23.2 Å². The lowest BCUT2D eigenvalue weighted by Crippen LogP contribution is -2.33. The number of nitrogens with two attached hydrogens (primary N) is 1. The third kappa shape index (κ3) is 3.63. The first-order chi connectivity index (χ1) is 17.9. The molecule has 6 rings (SSSR count). The van der Waals surface area contributed by atoms with Gasteiger partial charge in [0, 0.05) is 6.42 Å². The van der Waals surface area contributed by atoms with E-state index >= 15 is 0 Å². The maximum absolute atomic E-state index is 13.5. The lowest BCUT2D eigenvalue weighted by molar-refractivity contribution is -0.119. The number of fused-ring (bicyclic) bond motifs is 2. The van der Waals surface area contributed by atoms with Crippen molar-refractivity contribution < 1.29 is 13.9 Å². The van der Waals surface area contributed by atoms with Crippen LogP contribution in [0.15, 0.2) is 61.1 Å². The second kappa shape index (κ2) is 8.33. The second-order valence-corrected chi connectivity index (χ2v) is 8.87. The van der Waals surface area contributed by atoms with Gasteiger partial charge in [0.25, 0.3) is 0 Å². The van der Waals surface area contributed by atoms with E-state index < -0.39 is 11.2 Å². The van der Waals surface area contributed by atoms with Gasteiger partial charge in [-0.25, -0.2) is 28.8 Å². The first-order valence-electron chi connectivity index (χ1n) is 11.4. The highest BCUT2D eigenvalue weighted by atomic mass is 19.1. The van der Waals surface area contributed by atoms with Crippen molar-refractivity contribution in [3.8, 4) is 17.3 Å². The minimum Gasteiger partial charge on any atom is -0.497 e. The zero-order valence-corrected chi connectivity index (χ0v) is 19.9. The highest BCUT2D eigenvalue weighted by molar-refractivity contribution is 6.09. The number of nitrogens with one attached hydrogen (secondary N) is 1. The van der Waals surface area contributed by atoms with Crippen molar-refractivity contribution in [1.82, 2.24) is 29.5 Å². The molecule has 11 heteroatoms. The van der Waals surface area contributed by atoms with Gasteiger partial charge in [-0.05, 0) is 42.3 Å². The van der Waals surface area contributed by atoms with Crippen LogP contribution < -0.4 is 15.8 Å². The molecule has 0 saturated heterocycles. The van der Waals surface area contributed by atoms with E-state index in [0.717, 1.165) is 11.3 Å². The summed E-state index contributed by atoms with van der Waals surface area (Å²) >= 11 is 0. The zero-order valence-electron chi connectivity index (χ0n) is 19.9. The number of carbonyl (C=O) groups is 1. The monoisotopic (exact) mass is 496 g/mol. The molecule has 1 atom stereocenters. The lowest BCUT2D eigenvalue weighted by atomic mass is 9.78. The largest absolute Gasteiger partial charge is 0.497 e. The fourth-order valence-electron chi connectivity index (χ4n) is 4.67. The molecule has 3 N–H and O–H groups in total. The minimum atomic E-state index is -1.17. The fourth-order valence-corrected chi connectivity index (χ4v) is 4.67. The van der Waals surface area contributed by atoms with Crippen LogP contribution in [0.3, 0.4) is 0 Å². The Bertz CT molecular complexity index is 1680. The van der Waals surface area contributed by atoms with Gasteiger partial charge >= 0.3 is 0 Å². The molecule has 0 radical (unpaired) electrons. The van der Waals surface area contributed by atoms with Crippen LogP contribution in [0.4, 0.5) is 16.0 Å². The number of hydrogen-bond donors (Lipinski definition) is 2. The van der Waals surface area contributed by atoms with Crippen LogP contribution in [0, 0.1) is 5.82 Å². The third-order valence-corrected chi connectivity index (χ3v) is 6.61. The highest BCUT2D eigenvalue weighted by Crippen LogP contribution is 2.44. The van der Waals surface area contributed by atoms with E-state index in [1.54, 1.807) is 36.9 Å². The van der Waals surface area contributed by atoms with E-state index in [9.17, 15) is 9.18 Å². The Morgan fingerprint density at radius 2 is 1.95 bits per heavy atom. The number of aromatic nitrogens is 6. The molecule has 0 saturated carbocycles. The van der Waals surface area contributed by atoms with Crippen LogP contribution in [-0.4, -0.2) is 42.6 Å². The van der Waals surface area contributed by atoms with Crippen LogP contribution >= 0.6 is 0 Å².